The van der Waals surface area contributed by atoms with E-state index in [1.54, 1.807) is 6.07 Å². The van der Waals surface area contributed by atoms with E-state index in [2.05, 4.69) is 49.5 Å². The molecule has 2 nitrogen and oxygen atoms in total. The van der Waals surface area contributed by atoms with Crippen LogP contribution in [0.2, 0.25) is 10.0 Å². The third kappa shape index (κ3) is 4.50. The molecule has 0 unspecified atom stereocenters. The summed E-state index contributed by atoms with van der Waals surface area (Å²) < 4.78 is 6.15. The Bertz CT molecular complexity index is 894. The molecule has 0 radical (unpaired) electrons. The van der Waals surface area contributed by atoms with Gasteiger partial charge >= 0.3 is 0 Å². The van der Waals surface area contributed by atoms with E-state index in [0.29, 0.717) is 22.7 Å². The molecule has 3 aromatic carbocycles. The Morgan fingerprint density at radius 1 is 1.00 bits per heavy atom. The molecule has 0 aliphatic carbocycles. The number of rotatable bonds is 7. The first-order chi connectivity index (χ1) is 12.6. The quantitative estimate of drug-likeness (QED) is 0.491. The Morgan fingerprint density at radius 3 is 2.58 bits per heavy atom. The van der Waals surface area contributed by atoms with Crippen molar-refractivity contribution in [3.63, 3.8) is 0 Å². The minimum Gasteiger partial charge on any atom is -0.489 e. The Kier molecular flexibility index (Phi) is 6.42. The number of fused-ring (bicyclic) bond motifs is 1. The lowest BCUT2D eigenvalue weighted by Crippen LogP contribution is -2.24. The highest BCUT2D eigenvalue weighted by molar-refractivity contribution is 6.42. The van der Waals surface area contributed by atoms with Crippen molar-refractivity contribution in [3.8, 4) is 5.75 Å². The molecule has 0 aromatic heterocycles. The molecule has 0 heterocycles. The lowest BCUT2D eigenvalue weighted by Gasteiger charge is -2.17. The van der Waals surface area contributed by atoms with Gasteiger partial charge in [0.2, 0.25) is 0 Å². The topological polar surface area (TPSA) is 21.3 Å². The molecule has 3 aromatic rings. The monoisotopic (exact) mass is 387 g/mol. The van der Waals surface area contributed by atoms with Gasteiger partial charge in [-0.25, -0.2) is 0 Å². The van der Waals surface area contributed by atoms with Gasteiger partial charge in [0, 0.05) is 18.2 Å². The molecule has 4 heteroatoms. The number of hydrogen-bond acceptors (Lipinski definition) is 2. The first-order valence-electron chi connectivity index (χ1n) is 8.89. The molecular weight excluding hydrogens is 365 g/mol. The van der Waals surface area contributed by atoms with Crippen LogP contribution >= 0.6 is 23.2 Å². The van der Waals surface area contributed by atoms with Gasteiger partial charge in [-0.1, -0.05) is 66.5 Å². The summed E-state index contributed by atoms with van der Waals surface area (Å²) in [7, 11) is 0. The summed E-state index contributed by atoms with van der Waals surface area (Å²) in [6, 6.07) is 18.6. The van der Waals surface area contributed by atoms with Crippen molar-refractivity contribution in [3.05, 3.63) is 75.8 Å². The average molecular weight is 388 g/mol. The van der Waals surface area contributed by atoms with Crippen LogP contribution in [-0.4, -0.2) is 6.04 Å². The highest BCUT2D eigenvalue weighted by Crippen LogP contribution is 2.29. The van der Waals surface area contributed by atoms with Crippen LogP contribution in [0.25, 0.3) is 10.8 Å². The summed E-state index contributed by atoms with van der Waals surface area (Å²) in [6.07, 6.45) is 1.09. The zero-order chi connectivity index (χ0) is 18.5. The Balaban J connectivity index is 1.87. The predicted octanol–water partition coefficient (Wildman–Crippen LogP) is 6.61. The highest BCUT2D eigenvalue weighted by Gasteiger charge is 2.11. The van der Waals surface area contributed by atoms with E-state index in [1.165, 1.54) is 16.3 Å². The Hall–Kier alpha value is -1.74. The maximum atomic E-state index is 6.15. The third-order valence-corrected chi connectivity index (χ3v) is 5.35. The van der Waals surface area contributed by atoms with Crippen molar-refractivity contribution in [2.75, 3.05) is 0 Å². The number of benzene rings is 3. The fraction of sp³-hybridized carbons (Fsp3) is 0.273. The minimum absolute atomic E-state index is 0.450. The summed E-state index contributed by atoms with van der Waals surface area (Å²) in [5.74, 6) is 0.894. The zero-order valence-electron chi connectivity index (χ0n) is 15.1. The lowest BCUT2D eigenvalue weighted by molar-refractivity contribution is 0.302. The van der Waals surface area contributed by atoms with E-state index in [0.717, 1.165) is 24.3 Å². The first kappa shape index (κ1) is 19.0. The summed E-state index contributed by atoms with van der Waals surface area (Å²) >= 11 is 12.1. The number of hydrogen-bond donors (Lipinski definition) is 1. The summed E-state index contributed by atoms with van der Waals surface area (Å²) in [5.41, 5.74) is 2.18. The maximum absolute atomic E-state index is 6.15. The molecule has 1 atom stereocenters. The van der Waals surface area contributed by atoms with Crippen LogP contribution in [0.15, 0.2) is 54.6 Å². The summed E-state index contributed by atoms with van der Waals surface area (Å²) in [5, 5.41) is 7.11. The van der Waals surface area contributed by atoms with Crippen LogP contribution in [0.5, 0.6) is 5.75 Å². The van der Waals surface area contributed by atoms with Gasteiger partial charge in [-0.3, -0.25) is 0 Å². The second kappa shape index (κ2) is 8.77. The Morgan fingerprint density at radius 2 is 1.81 bits per heavy atom. The van der Waals surface area contributed by atoms with E-state index in [9.17, 15) is 0 Å². The van der Waals surface area contributed by atoms with Gasteiger partial charge in [0.25, 0.3) is 0 Å². The molecule has 0 saturated heterocycles. The third-order valence-electron chi connectivity index (χ3n) is 4.62. The molecule has 26 heavy (non-hydrogen) atoms. The van der Waals surface area contributed by atoms with E-state index in [1.807, 2.05) is 18.2 Å². The molecule has 0 amide bonds. The van der Waals surface area contributed by atoms with Gasteiger partial charge in [0.15, 0.2) is 0 Å². The molecule has 3 rings (SSSR count). The van der Waals surface area contributed by atoms with Crippen LogP contribution in [0.4, 0.5) is 0 Å². The van der Waals surface area contributed by atoms with Crippen LogP contribution in [-0.2, 0) is 13.2 Å². The first-order valence-corrected chi connectivity index (χ1v) is 9.64. The molecule has 0 fully saturated rings. The minimum atomic E-state index is 0.450. The summed E-state index contributed by atoms with van der Waals surface area (Å²) in [6.45, 7) is 5.60. The van der Waals surface area contributed by atoms with Crippen molar-refractivity contribution >= 4 is 34.0 Å². The SMILES string of the molecule is CC[C@@H](C)NCc1c(OCc2ccc(Cl)c(Cl)c2)ccc2ccccc12. The Labute approximate surface area is 165 Å². The van der Waals surface area contributed by atoms with E-state index >= 15 is 0 Å². The smallest absolute Gasteiger partial charge is 0.124 e. The van der Waals surface area contributed by atoms with E-state index < -0.39 is 0 Å². The van der Waals surface area contributed by atoms with Gasteiger partial charge in [0.05, 0.1) is 10.0 Å². The van der Waals surface area contributed by atoms with Gasteiger partial charge in [-0.15, -0.1) is 0 Å². The van der Waals surface area contributed by atoms with Crippen molar-refractivity contribution in [1.82, 2.24) is 5.32 Å². The lowest BCUT2D eigenvalue weighted by atomic mass is 10.0. The molecule has 0 aliphatic rings. The predicted molar refractivity (Wildman–Crippen MR) is 111 cm³/mol. The molecule has 1 N–H and O–H groups in total. The molecule has 0 bridgehead atoms. The van der Waals surface area contributed by atoms with Crippen LogP contribution in [0.3, 0.4) is 0 Å². The molecule has 0 spiro atoms. The largest absolute Gasteiger partial charge is 0.489 e. The van der Waals surface area contributed by atoms with Crippen molar-refractivity contribution < 1.29 is 4.74 Å². The van der Waals surface area contributed by atoms with Crippen molar-refractivity contribution in [1.29, 1.82) is 0 Å². The molecule has 0 saturated carbocycles. The fourth-order valence-electron chi connectivity index (χ4n) is 2.84. The highest BCUT2D eigenvalue weighted by atomic mass is 35.5. The standard InChI is InChI=1S/C22H23Cl2NO/c1-3-15(2)25-13-19-18-7-5-4-6-17(18)9-11-22(19)26-14-16-8-10-20(23)21(24)12-16/h4-12,15,25H,3,13-14H2,1-2H3/t15-/m1/s1. The van der Waals surface area contributed by atoms with Crippen molar-refractivity contribution in [2.24, 2.45) is 0 Å². The molecule has 136 valence electrons. The number of halogens is 2. The second-order valence-corrected chi connectivity index (χ2v) is 7.31. The normalized spacial score (nSPS) is 12.3. The van der Waals surface area contributed by atoms with Crippen LogP contribution < -0.4 is 10.1 Å². The van der Waals surface area contributed by atoms with Crippen LogP contribution in [0.1, 0.15) is 31.4 Å². The van der Waals surface area contributed by atoms with Gasteiger partial charge < -0.3 is 10.1 Å². The molecular formula is C22H23Cl2NO. The number of ether oxygens (including phenoxy) is 1. The second-order valence-electron chi connectivity index (χ2n) is 6.49. The van der Waals surface area contributed by atoms with E-state index in [-0.39, 0.29) is 0 Å². The van der Waals surface area contributed by atoms with Crippen molar-refractivity contribution in [2.45, 2.75) is 39.5 Å². The fourth-order valence-corrected chi connectivity index (χ4v) is 3.17. The number of nitrogens with one attached hydrogen (secondary N) is 1. The van der Waals surface area contributed by atoms with E-state index in [4.69, 9.17) is 27.9 Å². The zero-order valence-corrected chi connectivity index (χ0v) is 16.6. The van der Waals surface area contributed by atoms with Crippen LogP contribution in [0, 0.1) is 0 Å². The maximum Gasteiger partial charge on any atom is 0.124 e. The average Bonchev–Trinajstić information content (AvgIpc) is 2.67. The molecule has 0 aliphatic heterocycles. The van der Waals surface area contributed by atoms with Gasteiger partial charge in [-0.05, 0) is 47.9 Å². The summed E-state index contributed by atoms with van der Waals surface area (Å²) in [4.78, 5) is 0. The van der Waals surface area contributed by atoms with Gasteiger partial charge in [0.1, 0.15) is 12.4 Å². The van der Waals surface area contributed by atoms with Gasteiger partial charge in [-0.2, -0.15) is 0 Å².